The fraction of sp³-hybridized carbons (Fsp3) is 0.500. The van der Waals surface area contributed by atoms with Gasteiger partial charge in [-0.25, -0.2) is 0 Å². The average Bonchev–Trinajstić information content (AvgIpc) is 2.87. The molecule has 0 saturated heterocycles. The molecule has 1 aliphatic rings. The van der Waals surface area contributed by atoms with Gasteiger partial charge in [0.25, 0.3) is 5.91 Å². The van der Waals surface area contributed by atoms with Crippen molar-refractivity contribution in [1.82, 2.24) is 5.32 Å². The van der Waals surface area contributed by atoms with Gasteiger partial charge < -0.3 is 14.8 Å². The van der Waals surface area contributed by atoms with Crippen molar-refractivity contribution in [2.45, 2.75) is 37.6 Å². The van der Waals surface area contributed by atoms with Crippen molar-refractivity contribution in [3.8, 4) is 0 Å². The second-order valence-electron chi connectivity index (χ2n) is 4.62. The van der Waals surface area contributed by atoms with Gasteiger partial charge in [-0.15, -0.1) is 0 Å². The van der Waals surface area contributed by atoms with Crippen LogP contribution < -0.4 is 5.32 Å². The van der Waals surface area contributed by atoms with Gasteiger partial charge in [0.2, 0.25) is 0 Å². The summed E-state index contributed by atoms with van der Waals surface area (Å²) in [6, 6.07) is 2.95. The van der Waals surface area contributed by atoms with Crippen LogP contribution in [0.3, 0.4) is 0 Å². The predicted molar refractivity (Wildman–Crippen MR) is 64.6 cm³/mol. The Morgan fingerprint density at radius 3 is 2.56 bits per heavy atom. The van der Waals surface area contributed by atoms with Crippen molar-refractivity contribution >= 4 is 23.5 Å². The van der Waals surface area contributed by atoms with E-state index in [1.165, 1.54) is 12.1 Å². The number of carboxylic acids is 1. The molecule has 2 rings (SSSR count). The number of furan rings is 1. The lowest BCUT2D eigenvalue weighted by Gasteiger charge is -2.28. The number of carboxylic acid groups (broad SMARTS) is 1. The molecular weight excluding hydrogens is 258 g/mol. The molecule has 0 radical (unpaired) electrons. The van der Waals surface area contributed by atoms with Crippen molar-refractivity contribution < 1.29 is 19.1 Å². The smallest absolute Gasteiger partial charge is 0.305 e. The van der Waals surface area contributed by atoms with Gasteiger partial charge >= 0.3 is 5.97 Å². The summed E-state index contributed by atoms with van der Waals surface area (Å²) in [5.41, 5.74) is -0.651. The third-order valence-electron chi connectivity index (χ3n) is 3.23. The molecule has 0 aliphatic heterocycles. The second-order valence-corrected chi connectivity index (χ2v) is 4.99. The van der Waals surface area contributed by atoms with Gasteiger partial charge in [-0.1, -0.05) is 12.8 Å². The zero-order chi connectivity index (χ0) is 13.2. The largest absolute Gasteiger partial charge is 0.481 e. The van der Waals surface area contributed by atoms with Gasteiger partial charge in [-0.3, -0.25) is 9.59 Å². The van der Waals surface area contributed by atoms with E-state index < -0.39 is 17.4 Å². The standard InChI is InChI=1S/C12H14ClNO4/c13-9-4-3-8(18-9)11(17)14-12(7-10(15)16)5-1-2-6-12/h3-4H,1-2,5-7H2,(H,14,17)(H,15,16). The zero-order valence-electron chi connectivity index (χ0n) is 9.74. The van der Waals surface area contributed by atoms with Gasteiger partial charge in [0.05, 0.1) is 12.0 Å². The number of halogens is 1. The first-order valence-corrected chi connectivity index (χ1v) is 6.18. The molecule has 98 valence electrons. The molecule has 5 nitrogen and oxygen atoms in total. The Hall–Kier alpha value is -1.49. The van der Waals surface area contributed by atoms with Crippen LogP contribution in [-0.4, -0.2) is 22.5 Å². The lowest BCUT2D eigenvalue weighted by atomic mass is 9.93. The van der Waals surface area contributed by atoms with E-state index in [0.29, 0.717) is 12.8 Å². The number of rotatable bonds is 4. The van der Waals surface area contributed by atoms with E-state index in [1.807, 2.05) is 0 Å². The molecule has 1 aliphatic carbocycles. The molecule has 0 unspecified atom stereocenters. The minimum atomic E-state index is -0.908. The number of carbonyl (C=O) groups is 2. The van der Waals surface area contributed by atoms with E-state index in [2.05, 4.69) is 5.32 Å². The van der Waals surface area contributed by atoms with Crippen LogP contribution in [0.2, 0.25) is 5.22 Å². The number of carbonyl (C=O) groups excluding carboxylic acids is 1. The summed E-state index contributed by atoms with van der Waals surface area (Å²) in [6.07, 6.45) is 3.14. The number of hydrogen-bond acceptors (Lipinski definition) is 3. The number of amides is 1. The van der Waals surface area contributed by atoms with Crippen LogP contribution >= 0.6 is 11.6 Å². The Balaban J connectivity index is 2.09. The van der Waals surface area contributed by atoms with Crippen LogP contribution in [0.1, 0.15) is 42.7 Å². The fourth-order valence-corrected chi connectivity index (χ4v) is 2.57. The summed E-state index contributed by atoms with van der Waals surface area (Å²) >= 11 is 5.60. The first-order valence-electron chi connectivity index (χ1n) is 5.80. The number of aliphatic carboxylic acids is 1. The maximum atomic E-state index is 11.9. The molecule has 2 N–H and O–H groups in total. The summed E-state index contributed by atoms with van der Waals surface area (Å²) in [6.45, 7) is 0. The molecule has 1 fully saturated rings. The quantitative estimate of drug-likeness (QED) is 0.881. The highest BCUT2D eigenvalue weighted by atomic mass is 35.5. The molecule has 18 heavy (non-hydrogen) atoms. The van der Waals surface area contributed by atoms with E-state index in [9.17, 15) is 9.59 Å². The maximum Gasteiger partial charge on any atom is 0.305 e. The number of nitrogens with one attached hydrogen (secondary N) is 1. The third kappa shape index (κ3) is 2.85. The minimum Gasteiger partial charge on any atom is -0.481 e. The van der Waals surface area contributed by atoms with Gasteiger partial charge in [0.1, 0.15) is 0 Å². The van der Waals surface area contributed by atoms with Crippen molar-refractivity contribution in [1.29, 1.82) is 0 Å². The molecule has 0 spiro atoms. The van der Waals surface area contributed by atoms with E-state index in [0.717, 1.165) is 12.8 Å². The van der Waals surface area contributed by atoms with Crippen LogP contribution in [0.4, 0.5) is 0 Å². The van der Waals surface area contributed by atoms with Crippen molar-refractivity contribution in [2.24, 2.45) is 0 Å². The van der Waals surface area contributed by atoms with Crippen LogP contribution in [-0.2, 0) is 4.79 Å². The Labute approximate surface area is 109 Å². The van der Waals surface area contributed by atoms with Crippen molar-refractivity contribution in [3.05, 3.63) is 23.1 Å². The van der Waals surface area contributed by atoms with Crippen molar-refractivity contribution in [2.75, 3.05) is 0 Å². The van der Waals surface area contributed by atoms with E-state index in [-0.39, 0.29) is 17.4 Å². The summed E-state index contributed by atoms with van der Waals surface area (Å²) in [4.78, 5) is 22.8. The first kappa shape index (κ1) is 13.0. The maximum absolute atomic E-state index is 11.9. The Kier molecular flexibility index (Phi) is 3.61. The highest BCUT2D eigenvalue weighted by Crippen LogP contribution is 2.33. The SMILES string of the molecule is O=C(O)CC1(NC(=O)c2ccc(Cl)o2)CCCC1. The monoisotopic (exact) mass is 271 g/mol. The normalized spacial score (nSPS) is 17.6. The van der Waals surface area contributed by atoms with Crippen LogP contribution in [0.25, 0.3) is 0 Å². The van der Waals surface area contributed by atoms with Crippen LogP contribution in [0.15, 0.2) is 16.5 Å². The number of hydrogen-bond donors (Lipinski definition) is 2. The molecule has 0 aromatic carbocycles. The van der Waals surface area contributed by atoms with Crippen molar-refractivity contribution in [3.63, 3.8) is 0 Å². The lowest BCUT2D eigenvalue weighted by molar-refractivity contribution is -0.138. The molecule has 0 atom stereocenters. The van der Waals surface area contributed by atoms with Gasteiger partial charge in [-0.05, 0) is 36.6 Å². The predicted octanol–water partition coefficient (Wildman–Crippen LogP) is 2.45. The summed E-state index contributed by atoms with van der Waals surface area (Å²) in [7, 11) is 0. The lowest BCUT2D eigenvalue weighted by Crippen LogP contribution is -2.47. The minimum absolute atomic E-state index is 0.0623. The molecule has 1 aromatic heterocycles. The molecule has 1 amide bonds. The average molecular weight is 272 g/mol. The van der Waals surface area contributed by atoms with Crippen LogP contribution in [0.5, 0.6) is 0 Å². The Morgan fingerprint density at radius 2 is 2.06 bits per heavy atom. The van der Waals surface area contributed by atoms with Gasteiger partial charge in [0, 0.05) is 0 Å². The van der Waals surface area contributed by atoms with E-state index >= 15 is 0 Å². The Bertz CT molecular complexity index is 462. The first-order chi connectivity index (χ1) is 8.51. The highest BCUT2D eigenvalue weighted by Gasteiger charge is 2.38. The summed E-state index contributed by atoms with van der Waals surface area (Å²) in [5.74, 6) is -1.21. The van der Waals surface area contributed by atoms with E-state index in [1.54, 1.807) is 0 Å². The topological polar surface area (TPSA) is 79.5 Å². The van der Waals surface area contributed by atoms with Gasteiger partial charge in [-0.2, -0.15) is 0 Å². The molecule has 0 bridgehead atoms. The molecule has 1 heterocycles. The zero-order valence-corrected chi connectivity index (χ0v) is 10.5. The molecule has 1 aromatic rings. The third-order valence-corrected chi connectivity index (χ3v) is 3.43. The van der Waals surface area contributed by atoms with Gasteiger partial charge in [0.15, 0.2) is 11.0 Å². The highest BCUT2D eigenvalue weighted by molar-refractivity contribution is 6.29. The van der Waals surface area contributed by atoms with Crippen LogP contribution in [0, 0.1) is 0 Å². The fourth-order valence-electron chi connectivity index (χ4n) is 2.43. The molecule has 1 saturated carbocycles. The Morgan fingerprint density at radius 1 is 1.39 bits per heavy atom. The van der Waals surface area contributed by atoms with E-state index in [4.69, 9.17) is 21.1 Å². The summed E-state index contributed by atoms with van der Waals surface area (Å²) in [5, 5.41) is 11.8. The molecule has 6 heteroatoms. The molecular formula is C12H14ClNO4. The second kappa shape index (κ2) is 5.02. The summed E-state index contributed by atoms with van der Waals surface area (Å²) < 4.78 is 5.01.